The molecule has 0 radical (unpaired) electrons. The highest BCUT2D eigenvalue weighted by atomic mass is 35.5. The molecule has 0 unspecified atom stereocenters. The van der Waals surface area contributed by atoms with Gasteiger partial charge in [0.1, 0.15) is 0 Å². The molecular formula is C13H26ClN3O2. The topological polar surface area (TPSA) is 61.4 Å². The summed E-state index contributed by atoms with van der Waals surface area (Å²) in [6.45, 7) is 2.51. The number of likely N-dealkylation sites (tertiary alicyclic amines) is 1. The highest BCUT2D eigenvalue weighted by Crippen LogP contribution is 2.11. The molecule has 2 amide bonds. The van der Waals surface area contributed by atoms with Crippen molar-refractivity contribution in [3.05, 3.63) is 0 Å². The summed E-state index contributed by atoms with van der Waals surface area (Å²) in [5, 5.41) is 5.88. The summed E-state index contributed by atoms with van der Waals surface area (Å²) in [5.74, 6) is 0.0834. The molecule has 5 nitrogen and oxygen atoms in total. The number of hydrogen-bond acceptors (Lipinski definition) is 3. The van der Waals surface area contributed by atoms with Crippen molar-refractivity contribution in [2.45, 2.75) is 38.5 Å². The number of hydrogen-bond donors (Lipinski definition) is 2. The van der Waals surface area contributed by atoms with Gasteiger partial charge in [-0.05, 0) is 32.9 Å². The fraction of sp³-hybridized carbons (Fsp3) is 0.846. The molecule has 0 saturated carbocycles. The minimum atomic E-state index is -0.0416. The first kappa shape index (κ1) is 18.2. The van der Waals surface area contributed by atoms with E-state index < -0.39 is 0 Å². The van der Waals surface area contributed by atoms with Crippen LogP contribution < -0.4 is 10.6 Å². The second-order valence-corrected chi connectivity index (χ2v) is 4.79. The van der Waals surface area contributed by atoms with E-state index in [9.17, 15) is 9.59 Å². The third kappa shape index (κ3) is 8.06. The molecule has 1 fully saturated rings. The van der Waals surface area contributed by atoms with Gasteiger partial charge in [0.25, 0.3) is 0 Å². The van der Waals surface area contributed by atoms with Crippen LogP contribution in [-0.4, -0.2) is 49.9 Å². The number of rotatable bonds is 6. The Hall–Kier alpha value is -0.810. The van der Waals surface area contributed by atoms with Crippen LogP contribution in [0.25, 0.3) is 0 Å². The zero-order valence-corrected chi connectivity index (χ0v) is 12.6. The van der Waals surface area contributed by atoms with E-state index in [0.29, 0.717) is 13.0 Å². The molecule has 0 aromatic heterocycles. The fourth-order valence-electron chi connectivity index (χ4n) is 2.10. The van der Waals surface area contributed by atoms with E-state index in [1.165, 1.54) is 0 Å². The summed E-state index contributed by atoms with van der Waals surface area (Å²) in [6, 6.07) is 0. The van der Waals surface area contributed by atoms with Gasteiger partial charge in [0.05, 0.1) is 6.54 Å². The van der Waals surface area contributed by atoms with Crippen molar-refractivity contribution < 1.29 is 9.59 Å². The molecule has 112 valence electrons. The highest BCUT2D eigenvalue weighted by molar-refractivity contribution is 5.85. The van der Waals surface area contributed by atoms with Crippen molar-refractivity contribution in [1.82, 2.24) is 15.5 Å². The van der Waals surface area contributed by atoms with Gasteiger partial charge in [0.2, 0.25) is 11.8 Å². The van der Waals surface area contributed by atoms with Crippen molar-refractivity contribution in [1.29, 1.82) is 0 Å². The van der Waals surface area contributed by atoms with Crippen LogP contribution in [0, 0.1) is 0 Å². The van der Waals surface area contributed by atoms with Crippen LogP contribution in [0.5, 0.6) is 0 Å². The zero-order chi connectivity index (χ0) is 13.2. The number of nitrogens with zero attached hydrogens (tertiary/aromatic N) is 1. The second kappa shape index (κ2) is 11.1. The lowest BCUT2D eigenvalue weighted by molar-refractivity contribution is -0.136. The molecule has 0 bridgehead atoms. The molecule has 1 rings (SSSR count). The lowest BCUT2D eigenvalue weighted by atomic mass is 10.1. The molecule has 1 aliphatic rings. The lowest BCUT2D eigenvalue weighted by Crippen LogP contribution is -2.42. The summed E-state index contributed by atoms with van der Waals surface area (Å²) in [7, 11) is 1.89. The maximum Gasteiger partial charge on any atom is 0.239 e. The number of carbonyl (C=O) groups is 2. The minimum absolute atomic E-state index is 0. The number of nitrogens with one attached hydrogen (secondary N) is 2. The van der Waals surface area contributed by atoms with Crippen molar-refractivity contribution in [3.8, 4) is 0 Å². The SMILES string of the molecule is CNCCCNC(=O)CN1CCCCCCC1=O.Cl. The zero-order valence-electron chi connectivity index (χ0n) is 11.7. The molecule has 6 heteroatoms. The summed E-state index contributed by atoms with van der Waals surface area (Å²) in [6.07, 6.45) is 5.77. The van der Waals surface area contributed by atoms with Gasteiger partial charge in [-0.3, -0.25) is 9.59 Å². The summed E-state index contributed by atoms with van der Waals surface area (Å²) >= 11 is 0. The van der Waals surface area contributed by atoms with Gasteiger partial charge in [-0.25, -0.2) is 0 Å². The summed E-state index contributed by atoms with van der Waals surface area (Å²) in [4.78, 5) is 25.2. The molecule has 0 aromatic rings. The lowest BCUT2D eigenvalue weighted by Gasteiger charge is -2.24. The average molecular weight is 292 g/mol. The van der Waals surface area contributed by atoms with Crippen molar-refractivity contribution >= 4 is 24.2 Å². The Kier molecular flexibility index (Phi) is 10.6. The summed E-state index contributed by atoms with van der Waals surface area (Å²) < 4.78 is 0. The van der Waals surface area contributed by atoms with E-state index in [-0.39, 0.29) is 30.8 Å². The van der Waals surface area contributed by atoms with Crippen LogP contribution >= 0.6 is 12.4 Å². The molecular weight excluding hydrogens is 266 g/mol. The Morgan fingerprint density at radius 3 is 2.68 bits per heavy atom. The van der Waals surface area contributed by atoms with Gasteiger partial charge in [-0.2, -0.15) is 0 Å². The Morgan fingerprint density at radius 1 is 1.21 bits per heavy atom. The van der Waals surface area contributed by atoms with Crippen LogP contribution in [0.4, 0.5) is 0 Å². The Bertz CT molecular complexity index is 275. The maximum absolute atomic E-state index is 11.8. The quantitative estimate of drug-likeness (QED) is 0.716. The molecule has 1 heterocycles. The highest BCUT2D eigenvalue weighted by Gasteiger charge is 2.17. The van der Waals surface area contributed by atoms with Crippen LogP contribution in [0.3, 0.4) is 0 Å². The number of halogens is 1. The van der Waals surface area contributed by atoms with Crippen LogP contribution in [0.15, 0.2) is 0 Å². The molecule has 0 spiro atoms. The van der Waals surface area contributed by atoms with Crippen molar-refractivity contribution in [2.75, 3.05) is 33.2 Å². The van der Waals surface area contributed by atoms with Crippen LogP contribution in [-0.2, 0) is 9.59 Å². The average Bonchev–Trinajstić information content (AvgIpc) is 2.34. The maximum atomic E-state index is 11.8. The molecule has 0 atom stereocenters. The Balaban J connectivity index is 0.00000324. The van der Waals surface area contributed by atoms with Gasteiger partial charge in [0.15, 0.2) is 0 Å². The van der Waals surface area contributed by atoms with Gasteiger partial charge >= 0.3 is 0 Å². The van der Waals surface area contributed by atoms with E-state index in [1.54, 1.807) is 4.90 Å². The minimum Gasteiger partial charge on any atom is -0.355 e. The molecule has 19 heavy (non-hydrogen) atoms. The van der Waals surface area contributed by atoms with Crippen LogP contribution in [0.2, 0.25) is 0 Å². The molecule has 1 saturated heterocycles. The monoisotopic (exact) mass is 291 g/mol. The molecule has 2 N–H and O–H groups in total. The number of amides is 2. The van der Waals surface area contributed by atoms with E-state index in [4.69, 9.17) is 0 Å². The Morgan fingerprint density at radius 2 is 1.95 bits per heavy atom. The van der Waals surface area contributed by atoms with E-state index in [2.05, 4.69) is 10.6 Å². The first-order valence-corrected chi connectivity index (χ1v) is 6.93. The second-order valence-electron chi connectivity index (χ2n) is 4.79. The normalized spacial score (nSPS) is 16.3. The van der Waals surface area contributed by atoms with Gasteiger partial charge < -0.3 is 15.5 Å². The largest absolute Gasteiger partial charge is 0.355 e. The van der Waals surface area contributed by atoms with Crippen LogP contribution in [0.1, 0.15) is 38.5 Å². The third-order valence-electron chi connectivity index (χ3n) is 3.18. The van der Waals surface area contributed by atoms with E-state index in [1.807, 2.05) is 7.05 Å². The standard InChI is InChI=1S/C13H25N3O2.ClH/c1-14-8-6-9-15-12(17)11-16-10-5-3-2-4-7-13(16)18;/h14H,2-11H2,1H3,(H,15,17);1H. The van der Waals surface area contributed by atoms with E-state index >= 15 is 0 Å². The van der Waals surface area contributed by atoms with Gasteiger partial charge in [-0.1, -0.05) is 12.8 Å². The first-order valence-electron chi connectivity index (χ1n) is 6.93. The van der Waals surface area contributed by atoms with Gasteiger partial charge in [-0.15, -0.1) is 12.4 Å². The first-order chi connectivity index (χ1) is 8.74. The van der Waals surface area contributed by atoms with Gasteiger partial charge in [0, 0.05) is 19.5 Å². The fourth-order valence-corrected chi connectivity index (χ4v) is 2.10. The third-order valence-corrected chi connectivity index (χ3v) is 3.18. The Labute approximate surface area is 121 Å². The number of carbonyl (C=O) groups excluding carboxylic acids is 2. The predicted molar refractivity (Wildman–Crippen MR) is 78.5 cm³/mol. The summed E-state index contributed by atoms with van der Waals surface area (Å²) in [5.41, 5.74) is 0. The van der Waals surface area contributed by atoms with E-state index in [0.717, 1.165) is 45.2 Å². The molecule has 0 aliphatic carbocycles. The van der Waals surface area contributed by atoms with Crippen molar-refractivity contribution in [3.63, 3.8) is 0 Å². The smallest absolute Gasteiger partial charge is 0.239 e. The molecule has 0 aromatic carbocycles. The van der Waals surface area contributed by atoms with Crippen molar-refractivity contribution in [2.24, 2.45) is 0 Å². The predicted octanol–water partition coefficient (Wildman–Crippen LogP) is 0.927. The molecule has 1 aliphatic heterocycles.